The fraction of sp³-hybridized carbons (Fsp3) is 0.556. The first-order valence-corrected chi connectivity index (χ1v) is 8.65. The SMILES string of the molecule is CN=C(NCCCc1nc2ccccc2[nH]1)N1CCCC(C)C1.I. The van der Waals surface area contributed by atoms with Crippen molar-refractivity contribution < 1.29 is 0 Å². The topological polar surface area (TPSA) is 56.3 Å². The molecule has 2 N–H and O–H groups in total. The van der Waals surface area contributed by atoms with Crippen molar-refractivity contribution in [1.29, 1.82) is 0 Å². The monoisotopic (exact) mass is 441 g/mol. The number of piperidine rings is 1. The zero-order valence-electron chi connectivity index (χ0n) is 14.6. The lowest BCUT2D eigenvalue weighted by molar-refractivity contribution is 0.266. The maximum absolute atomic E-state index is 4.63. The average molecular weight is 441 g/mol. The van der Waals surface area contributed by atoms with Gasteiger partial charge in [0, 0.05) is 33.1 Å². The molecule has 5 nitrogen and oxygen atoms in total. The van der Waals surface area contributed by atoms with Gasteiger partial charge in [0.15, 0.2) is 5.96 Å². The molecule has 2 heterocycles. The van der Waals surface area contributed by atoms with Crippen LogP contribution >= 0.6 is 24.0 Å². The van der Waals surface area contributed by atoms with Gasteiger partial charge in [-0.2, -0.15) is 0 Å². The molecule has 1 aromatic heterocycles. The quantitative estimate of drug-likeness (QED) is 0.331. The van der Waals surface area contributed by atoms with E-state index in [1.54, 1.807) is 0 Å². The summed E-state index contributed by atoms with van der Waals surface area (Å²) in [5.41, 5.74) is 2.17. The lowest BCUT2D eigenvalue weighted by Gasteiger charge is -2.33. The van der Waals surface area contributed by atoms with E-state index in [0.717, 1.165) is 61.2 Å². The lowest BCUT2D eigenvalue weighted by atomic mass is 10.0. The molecule has 1 aromatic carbocycles. The van der Waals surface area contributed by atoms with Crippen LogP contribution in [0.2, 0.25) is 0 Å². The number of aryl methyl sites for hydroxylation is 1. The summed E-state index contributed by atoms with van der Waals surface area (Å²) in [5, 5.41) is 3.50. The maximum atomic E-state index is 4.63. The van der Waals surface area contributed by atoms with Crippen molar-refractivity contribution in [3.63, 3.8) is 0 Å². The van der Waals surface area contributed by atoms with Gasteiger partial charge in [0.2, 0.25) is 0 Å². The standard InChI is InChI=1S/C18H27N5.HI/c1-14-7-6-12-23(13-14)18(19-2)20-11-5-10-17-21-15-8-3-4-9-16(15)22-17;/h3-4,8-9,14H,5-7,10-13H2,1-2H3,(H,19,20)(H,21,22);1H. The summed E-state index contributed by atoms with van der Waals surface area (Å²) in [6, 6.07) is 8.18. The summed E-state index contributed by atoms with van der Waals surface area (Å²) in [6.45, 7) is 5.48. The molecule has 1 aliphatic rings. The number of guanidine groups is 1. The summed E-state index contributed by atoms with van der Waals surface area (Å²) in [4.78, 5) is 14.8. The number of likely N-dealkylation sites (tertiary alicyclic amines) is 1. The third kappa shape index (κ3) is 4.84. The third-order valence-electron chi connectivity index (χ3n) is 4.48. The van der Waals surface area contributed by atoms with Crippen molar-refractivity contribution in [2.45, 2.75) is 32.6 Å². The minimum absolute atomic E-state index is 0. The second kappa shape index (κ2) is 9.25. The van der Waals surface area contributed by atoms with Crippen LogP contribution in [-0.4, -0.2) is 47.5 Å². The van der Waals surface area contributed by atoms with E-state index in [1.807, 2.05) is 25.2 Å². The Kier molecular flexibility index (Phi) is 7.33. The average Bonchev–Trinajstić information content (AvgIpc) is 2.97. The van der Waals surface area contributed by atoms with Crippen LogP contribution in [0.4, 0.5) is 0 Å². The highest BCUT2D eigenvalue weighted by molar-refractivity contribution is 14.0. The van der Waals surface area contributed by atoms with E-state index in [2.05, 4.69) is 38.2 Å². The Balaban J connectivity index is 0.00000208. The number of fused-ring (bicyclic) bond motifs is 1. The Bertz CT molecular complexity index is 633. The smallest absolute Gasteiger partial charge is 0.193 e. The van der Waals surface area contributed by atoms with Crippen molar-refractivity contribution in [2.24, 2.45) is 10.9 Å². The number of aliphatic imine (C=N–C) groups is 1. The first-order valence-electron chi connectivity index (χ1n) is 8.65. The highest BCUT2D eigenvalue weighted by Gasteiger charge is 2.18. The maximum Gasteiger partial charge on any atom is 0.193 e. The minimum Gasteiger partial charge on any atom is -0.356 e. The number of hydrogen-bond donors (Lipinski definition) is 2. The second-order valence-corrected chi connectivity index (χ2v) is 6.47. The summed E-state index contributed by atoms with van der Waals surface area (Å²) in [7, 11) is 1.88. The lowest BCUT2D eigenvalue weighted by Crippen LogP contribution is -2.46. The number of para-hydroxylation sites is 2. The van der Waals surface area contributed by atoms with Crippen molar-refractivity contribution in [3.05, 3.63) is 30.1 Å². The summed E-state index contributed by atoms with van der Waals surface area (Å²) in [5.74, 6) is 2.87. The summed E-state index contributed by atoms with van der Waals surface area (Å²) >= 11 is 0. The number of rotatable bonds is 4. The molecule has 0 aliphatic carbocycles. The van der Waals surface area contributed by atoms with Crippen LogP contribution in [-0.2, 0) is 6.42 Å². The van der Waals surface area contributed by atoms with Crippen molar-refractivity contribution >= 4 is 41.0 Å². The van der Waals surface area contributed by atoms with Crippen LogP contribution in [0.15, 0.2) is 29.3 Å². The molecule has 0 amide bonds. The molecule has 1 unspecified atom stereocenters. The molecule has 1 saturated heterocycles. The number of nitrogens with zero attached hydrogens (tertiary/aromatic N) is 3. The molecule has 0 bridgehead atoms. The Morgan fingerprint density at radius 2 is 2.25 bits per heavy atom. The third-order valence-corrected chi connectivity index (χ3v) is 4.48. The molecule has 1 atom stereocenters. The van der Waals surface area contributed by atoms with E-state index in [1.165, 1.54) is 12.8 Å². The van der Waals surface area contributed by atoms with Crippen molar-refractivity contribution in [1.82, 2.24) is 20.2 Å². The molecule has 132 valence electrons. The van der Waals surface area contributed by atoms with Gasteiger partial charge >= 0.3 is 0 Å². The first kappa shape index (κ1) is 19.0. The Labute approximate surface area is 161 Å². The predicted molar refractivity (Wildman–Crippen MR) is 111 cm³/mol. The van der Waals surface area contributed by atoms with Gasteiger partial charge in [-0.1, -0.05) is 19.1 Å². The van der Waals surface area contributed by atoms with E-state index in [9.17, 15) is 0 Å². The van der Waals surface area contributed by atoms with Gasteiger partial charge in [-0.05, 0) is 37.3 Å². The number of benzene rings is 1. The molecule has 0 radical (unpaired) electrons. The van der Waals surface area contributed by atoms with Gasteiger partial charge in [-0.25, -0.2) is 4.98 Å². The zero-order valence-corrected chi connectivity index (χ0v) is 16.9. The fourth-order valence-electron chi connectivity index (χ4n) is 3.29. The molecular formula is C18H28IN5. The molecule has 1 aliphatic heterocycles. The molecule has 2 aromatic rings. The van der Waals surface area contributed by atoms with Crippen molar-refractivity contribution in [3.8, 4) is 0 Å². The number of aromatic nitrogens is 2. The number of imidazole rings is 1. The summed E-state index contributed by atoms with van der Waals surface area (Å²) in [6.07, 6.45) is 4.59. The number of nitrogens with one attached hydrogen (secondary N) is 2. The summed E-state index contributed by atoms with van der Waals surface area (Å²) < 4.78 is 0. The van der Waals surface area contributed by atoms with E-state index in [-0.39, 0.29) is 24.0 Å². The number of hydrogen-bond acceptors (Lipinski definition) is 2. The van der Waals surface area contributed by atoms with Gasteiger partial charge < -0.3 is 15.2 Å². The Morgan fingerprint density at radius 1 is 1.42 bits per heavy atom. The molecule has 6 heteroatoms. The van der Waals surface area contributed by atoms with E-state index in [0.29, 0.717) is 0 Å². The fourth-order valence-corrected chi connectivity index (χ4v) is 3.29. The normalized spacial score (nSPS) is 18.5. The molecule has 3 rings (SSSR count). The molecule has 0 saturated carbocycles. The van der Waals surface area contributed by atoms with E-state index >= 15 is 0 Å². The highest BCUT2D eigenvalue weighted by Crippen LogP contribution is 2.15. The van der Waals surface area contributed by atoms with Crippen LogP contribution in [0.1, 0.15) is 32.0 Å². The Morgan fingerprint density at radius 3 is 3.00 bits per heavy atom. The highest BCUT2D eigenvalue weighted by atomic mass is 127. The van der Waals surface area contributed by atoms with Crippen LogP contribution in [0.5, 0.6) is 0 Å². The van der Waals surface area contributed by atoms with Gasteiger partial charge in [0.05, 0.1) is 11.0 Å². The minimum atomic E-state index is 0. The van der Waals surface area contributed by atoms with Gasteiger partial charge in [-0.3, -0.25) is 4.99 Å². The number of aromatic amines is 1. The van der Waals surface area contributed by atoms with Gasteiger partial charge in [-0.15, -0.1) is 24.0 Å². The van der Waals surface area contributed by atoms with E-state index in [4.69, 9.17) is 0 Å². The van der Waals surface area contributed by atoms with Crippen LogP contribution in [0.3, 0.4) is 0 Å². The van der Waals surface area contributed by atoms with Crippen LogP contribution in [0.25, 0.3) is 11.0 Å². The van der Waals surface area contributed by atoms with Gasteiger partial charge in [0.1, 0.15) is 5.82 Å². The van der Waals surface area contributed by atoms with Gasteiger partial charge in [0.25, 0.3) is 0 Å². The van der Waals surface area contributed by atoms with Crippen molar-refractivity contribution in [2.75, 3.05) is 26.7 Å². The van der Waals surface area contributed by atoms with E-state index < -0.39 is 0 Å². The largest absolute Gasteiger partial charge is 0.356 e. The zero-order chi connectivity index (χ0) is 16.1. The van der Waals surface area contributed by atoms with Crippen LogP contribution < -0.4 is 5.32 Å². The first-order chi connectivity index (χ1) is 11.3. The molecule has 24 heavy (non-hydrogen) atoms. The Hall–Kier alpha value is -1.31. The predicted octanol–water partition coefficient (Wildman–Crippen LogP) is 3.42. The molecule has 0 spiro atoms. The second-order valence-electron chi connectivity index (χ2n) is 6.47. The van der Waals surface area contributed by atoms with Crippen LogP contribution in [0, 0.1) is 5.92 Å². The molecule has 1 fully saturated rings. The number of halogens is 1. The molecular weight excluding hydrogens is 413 g/mol. The number of H-pyrrole nitrogens is 1.